The molecule has 0 fully saturated rings. The van der Waals surface area contributed by atoms with E-state index in [4.69, 9.17) is 13.6 Å². The van der Waals surface area contributed by atoms with Gasteiger partial charge in [0.15, 0.2) is 0 Å². The van der Waals surface area contributed by atoms with Crippen LogP contribution in [0.1, 0.15) is 36.1 Å². The highest BCUT2D eigenvalue weighted by molar-refractivity contribution is 7.41. The van der Waals surface area contributed by atoms with Crippen molar-refractivity contribution in [3.63, 3.8) is 0 Å². The van der Waals surface area contributed by atoms with Crippen LogP contribution in [0.4, 0.5) is 0 Å². The standard InChI is InChI=1S/C21H25O3P/c1-3-22-25(23-4-2)24-16-15-21-19-11-7-5-9-17(19)13-14-18-10-6-8-12-20(18)21/h5-12,15H,3-4,13-14,16H2,1-2H3. The molecule has 2 aromatic rings. The second-order valence-corrected chi connectivity index (χ2v) is 7.01. The topological polar surface area (TPSA) is 27.7 Å². The van der Waals surface area contributed by atoms with Crippen molar-refractivity contribution in [1.82, 2.24) is 0 Å². The van der Waals surface area contributed by atoms with E-state index in [1.165, 1.54) is 27.8 Å². The molecule has 1 aliphatic carbocycles. The van der Waals surface area contributed by atoms with Crippen LogP contribution in [-0.4, -0.2) is 19.8 Å². The second kappa shape index (κ2) is 9.26. The molecular formula is C21H25O3P. The van der Waals surface area contributed by atoms with Gasteiger partial charge in [0.05, 0.1) is 19.8 Å². The summed E-state index contributed by atoms with van der Waals surface area (Å²) in [4.78, 5) is 0. The highest BCUT2D eigenvalue weighted by atomic mass is 31.2. The molecule has 0 saturated carbocycles. The Kier molecular flexibility index (Phi) is 6.77. The molecule has 0 aromatic heterocycles. The van der Waals surface area contributed by atoms with Gasteiger partial charge in [0, 0.05) is 0 Å². The molecule has 0 aliphatic heterocycles. The summed E-state index contributed by atoms with van der Waals surface area (Å²) in [5.74, 6) is 0. The SMILES string of the molecule is CCOP(OCC)OCC=C1c2ccccc2CCc2ccccc21. The maximum Gasteiger partial charge on any atom is 0.332 e. The fourth-order valence-corrected chi connectivity index (χ4v) is 3.98. The van der Waals surface area contributed by atoms with Gasteiger partial charge < -0.3 is 13.6 Å². The largest absolute Gasteiger partial charge is 0.332 e. The number of fused-ring (bicyclic) bond motifs is 2. The van der Waals surface area contributed by atoms with Crippen molar-refractivity contribution in [2.24, 2.45) is 0 Å². The number of benzene rings is 2. The zero-order valence-electron chi connectivity index (χ0n) is 14.9. The Labute approximate surface area is 151 Å². The highest BCUT2D eigenvalue weighted by Crippen LogP contribution is 2.40. The van der Waals surface area contributed by atoms with Crippen LogP contribution in [0.5, 0.6) is 0 Å². The van der Waals surface area contributed by atoms with Crippen LogP contribution >= 0.6 is 8.60 Å². The zero-order valence-corrected chi connectivity index (χ0v) is 15.8. The van der Waals surface area contributed by atoms with E-state index in [0.29, 0.717) is 19.8 Å². The smallest absolute Gasteiger partial charge is 0.313 e. The number of hydrogen-bond acceptors (Lipinski definition) is 3. The van der Waals surface area contributed by atoms with Crippen LogP contribution < -0.4 is 0 Å². The van der Waals surface area contributed by atoms with Gasteiger partial charge in [0.1, 0.15) is 0 Å². The Hall–Kier alpha value is -1.51. The summed E-state index contributed by atoms with van der Waals surface area (Å²) in [5, 5.41) is 0. The van der Waals surface area contributed by atoms with Gasteiger partial charge >= 0.3 is 8.60 Å². The van der Waals surface area contributed by atoms with Crippen LogP contribution in [0, 0.1) is 0 Å². The molecular weight excluding hydrogens is 331 g/mol. The summed E-state index contributed by atoms with van der Waals surface area (Å²) in [6.07, 6.45) is 4.29. The molecule has 3 rings (SSSR count). The lowest BCUT2D eigenvalue weighted by molar-refractivity contribution is 0.182. The van der Waals surface area contributed by atoms with E-state index in [-0.39, 0.29) is 0 Å². The minimum atomic E-state index is -1.27. The minimum Gasteiger partial charge on any atom is -0.313 e. The minimum absolute atomic E-state index is 0.476. The molecule has 3 nitrogen and oxygen atoms in total. The first-order valence-corrected chi connectivity index (χ1v) is 9.98. The molecule has 0 amide bonds. The first kappa shape index (κ1) is 18.3. The van der Waals surface area contributed by atoms with Gasteiger partial charge in [-0.3, -0.25) is 0 Å². The van der Waals surface area contributed by atoms with Crippen molar-refractivity contribution in [3.8, 4) is 0 Å². The van der Waals surface area contributed by atoms with Crippen LogP contribution in [0.25, 0.3) is 5.57 Å². The lowest BCUT2D eigenvalue weighted by Crippen LogP contribution is -1.98. The summed E-state index contributed by atoms with van der Waals surface area (Å²) >= 11 is 0. The van der Waals surface area contributed by atoms with Crippen molar-refractivity contribution in [2.45, 2.75) is 26.7 Å². The lowest BCUT2D eigenvalue weighted by Gasteiger charge is -2.15. The third-order valence-corrected chi connectivity index (χ3v) is 5.51. The normalized spacial score (nSPS) is 13.3. The molecule has 0 bridgehead atoms. The summed E-state index contributed by atoms with van der Waals surface area (Å²) < 4.78 is 16.9. The van der Waals surface area contributed by atoms with Gasteiger partial charge in [0.2, 0.25) is 0 Å². The first-order chi connectivity index (χ1) is 12.3. The number of aryl methyl sites for hydroxylation is 2. The fraction of sp³-hybridized carbons (Fsp3) is 0.333. The number of hydrogen-bond donors (Lipinski definition) is 0. The van der Waals surface area contributed by atoms with Gasteiger partial charge in [-0.05, 0) is 60.6 Å². The van der Waals surface area contributed by atoms with E-state index < -0.39 is 8.60 Å². The van der Waals surface area contributed by atoms with Gasteiger partial charge in [-0.2, -0.15) is 0 Å². The second-order valence-electron chi connectivity index (χ2n) is 5.79. The maximum atomic E-state index is 5.84. The Balaban J connectivity index is 1.88. The van der Waals surface area contributed by atoms with Crippen molar-refractivity contribution in [2.75, 3.05) is 19.8 Å². The van der Waals surface area contributed by atoms with Crippen LogP contribution in [0.3, 0.4) is 0 Å². The predicted octanol–water partition coefficient (Wildman–Crippen LogP) is 5.53. The molecule has 0 heterocycles. The van der Waals surface area contributed by atoms with Crippen LogP contribution in [-0.2, 0) is 26.4 Å². The average Bonchev–Trinajstić information content (AvgIpc) is 2.80. The van der Waals surface area contributed by atoms with Crippen LogP contribution in [0.15, 0.2) is 54.6 Å². The lowest BCUT2D eigenvalue weighted by atomic mass is 9.94. The van der Waals surface area contributed by atoms with Crippen molar-refractivity contribution in [1.29, 1.82) is 0 Å². The van der Waals surface area contributed by atoms with Gasteiger partial charge in [-0.1, -0.05) is 48.5 Å². The Bertz CT molecular complexity index is 671. The molecule has 0 saturated heterocycles. The molecule has 0 radical (unpaired) electrons. The van der Waals surface area contributed by atoms with Crippen molar-refractivity contribution in [3.05, 3.63) is 76.9 Å². The van der Waals surface area contributed by atoms with E-state index >= 15 is 0 Å². The van der Waals surface area contributed by atoms with Crippen LogP contribution in [0.2, 0.25) is 0 Å². The third-order valence-electron chi connectivity index (χ3n) is 4.22. The van der Waals surface area contributed by atoms with E-state index in [1.54, 1.807) is 0 Å². The van der Waals surface area contributed by atoms with Gasteiger partial charge in [0.25, 0.3) is 0 Å². The summed E-state index contributed by atoms with van der Waals surface area (Å²) in [6, 6.07) is 17.3. The molecule has 0 N–H and O–H groups in total. The molecule has 1 aliphatic rings. The predicted molar refractivity (Wildman–Crippen MR) is 103 cm³/mol. The monoisotopic (exact) mass is 356 g/mol. The first-order valence-electron chi connectivity index (χ1n) is 8.89. The molecule has 0 atom stereocenters. The van der Waals surface area contributed by atoms with E-state index in [2.05, 4.69) is 54.6 Å². The molecule has 0 spiro atoms. The highest BCUT2D eigenvalue weighted by Gasteiger charge is 2.17. The average molecular weight is 356 g/mol. The Morgan fingerprint density at radius 3 is 1.84 bits per heavy atom. The molecule has 2 aromatic carbocycles. The van der Waals surface area contributed by atoms with Crippen molar-refractivity contribution < 1.29 is 13.6 Å². The number of rotatable bonds is 7. The zero-order chi connectivity index (χ0) is 17.5. The Morgan fingerprint density at radius 1 is 0.800 bits per heavy atom. The molecule has 0 unspecified atom stereocenters. The van der Waals surface area contributed by atoms with E-state index in [9.17, 15) is 0 Å². The molecule has 25 heavy (non-hydrogen) atoms. The Morgan fingerprint density at radius 2 is 1.32 bits per heavy atom. The van der Waals surface area contributed by atoms with Gasteiger partial charge in [-0.25, -0.2) is 0 Å². The van der Waals surface area contributed by atoms with E-state index in [1.807, 2.05) is 13.8 Å². The molecule has 4 heteroatoms. The van der Waals surface area contributed by atoms with Gasteiger partial charge in [-0.15, -0.1) is 0 Å². The third kappa shape index (κ3) is 4.56. The summed E-state index contributed by atoms with van der Waals surface area (Å²) in [6.45, 7) is 5.56. The maximum absolute atomic E-state index is 5.84. The summed E-state index contributed by atoms with van der Waals surface area (Å²) in [5.41, 5.74) is 6.62. The van der Waals surface area contributed by atoms with E-state index in [0.717, 1.165) is 12.8 Å². The molecule has 132 valence electrons. The van der Waals surface area contributed by atoms with Crippen molar-refractivity contribution >= 4 is 14.2 Å². The quantitative estimate of drug-likeness (QED) is 0.610. The fourth-order valence-electron chi connectivity index (χ4n) is 3.14. The summed E-state index contributed by atoms with van der Waals surface area (Å²) in [7, 11) is -1.27.